The Hall–Kier alpha value is -0.120. The van der Waals surface area contributed by atoms with Crippen LogP contribution in [-0.4, -0.2) is 35.5 Å². The lowest BCUT2D eigenvalue weighted by molar-refractivity contribution is -0.163. The van der Waals surface area contributed by atoms with Crippen LogP contribution in [0.4, 0.5) is 0 Å². The minimum Gasteiger partial charge on any atom is -0.388 e. The topological polar surface area (TPSA) is 41.5 Å². The molecular weight excluding hydrogens is 190 g/mol. The van der Waals surface area contributed by atoms with E-state index in [9.17, 15) is 5.11 Å². The van der Waals surface area contributed by atoms with Crippen LogP contribution in [0.3, 0.4) is 0 Å². The van der Waals surface area contributed by atoms with Crippen LogP contribution in [0.15, 0.2) is 0 Å². The van der Waals surface area contributed by atoms with Gasteiger partial charge in [0.15, 0.2) is 0 Å². The number of aliphatic hydroxyl groups is 1. The summed E-state index contributed by atoms with van der Waals surface area (Å²) in [6.45, 7) is 9.90. The number of rotatable bonds is 4. The summed E-state index contributed by atoms with van der Waals surface area (Å²) in [4.78, 5) is 0. The molecule has 0 aliphatic carbocycles. The van der Waals surface area contributed by atoms with E-state index in [0.717, 1.165) is 25.8 Å². The molecule has 0 spiro atoms. The van der Waals surface area contributed by atoms with Gasteiger partial charge in [-0.15, -0.1) is 0 Å². The number of hydrogen-bond acceptors (Lipinski definition) is 3. The summed E-state index contributed by atoms with van der Waals surface area (Å²) >= 11 is 0. The third kappa shape index (κ3) is 2.92. The maximum atomic E-state index is 10.6. The van der Waals surface area contributed by atoms with Gasteiger partial charge in [0.25, 0.3) is 0 Å². The first-order chi connectivity index (χ1) is 6.96. The Balaban J connectivity index is 2.67. The molecule has 3 unspecified atom stereocenters. The van der Waals surface area contributed by atoms with E-state index in [0.29, 0.717) is 6.61 Å². The maximum Gasteiger partial charge on any atom is 0.0846 e. The molecule has 0 radical (unpaired) electrons. The largest absolute Gasteiger partial charge is 0.388 e. The van der Waals surface area contributed by atoms with Crippen LogP contribution in [0.1, 0.15) is 47.0 Å². The third-order valence-electron chi connectivity index (χ3n) is 3.73. The molecule has 0 aromatic heterocycles. The maximum absolute atomic E-state index is 10.6. The van der Waals surface area contributed by atoms with E-state index in [4.69, 9.17) is 4.74 Å². The fourth-order valence-electron chi connectivity index (χ4n) is 2.35. The SMILES string of the molecule is CCNC(C)C1(O)CCOC(C)(CC)C1. The first kappa shape index (κ1) is 12.9. The molecule has 1 aliphatic heterocycles. The Kier molecular flexibility index (Phi) is 4.15. The van der Waals surface area contributed by atoms with Crippen molar-refractivity contribution in [1.29, 1.82) is 0 Å². The highest BCUT2D eigenvalue weighted by atomic mass is 16.5. The lowest BCUT2D eigenvalue weighted by atomic mass is 9.78. The molecule has 0 aromatic rings. The van der Waals surface area contributed by atoms with E-state index in [2.05, 4.69) is 33.0 Å². The van der Waals surface area contributed by atoms with Crippen LogP contribution in [0.5, 0.6) is 0 Å². The van der Waals surface area contributed by atoms with Crippen LogP contribution in [-0.2, 0) is 4.74 Å². The van der Waals surface area contributed by atoms with Gasteiger partial charge >= 0.3 is 0 Å². The standard InChI is InChI=1S/C12H25NO2/c1-5-11(4)9-12(14,7-8-15-11)10(3)13-6-2/h10,13-14H,5-9H2,1-4H3. The molecular formula is C12H25NO2. The van der Waals surface area contributed by atoms with Gasteiger partial charge in [-0.1, -0.05) is 13.8 Å². The van der Waals surface area contributed by atoms with Crippen molar-refractivity contribution in [2.75, 3.05) is 13.2 Å². The van der Waals surface area contributed by atoms with E-state index in [1.54, 1.807) is 0 Å². The predicted molar refractivity (Wildman–Crippen MR) is 62.0 cm³/mol. The van der Waals surface area contributed by atoms with Gasteiger partial charge < -0.3 is 15.2 Å². The van der Waals surface area contributed by atoms with Gasteiger partial charge in [-0.3, -0.25) is 0 Å². The van der Waals surface area contributed by atoms with Gasteiger partial charge in [0.05, 0.1) is 17.8 Å². The highest BCUT2D eigenvalue weighted by Gasteiger charge is 2.44. The summed E-state index contributed by atoms with van der Waals surface area (Å²) in [5, 5.41) is 13.9. The molecule has 0 aromatic carbocycles. The van der Waals surface area contributed by atoms with E-state index in [1.807, 2.05) is 0 Å². The molecule has 1 aliphatic rings. The van der Waals surface area contributed by atoms with Crippen LogP contribution in [0.2, 0.25) is 0 Å². The first-order valence-corrected chi connectivity index (χ1v) is 6.05. The molecule has 0 bridgehead atoms. The normalized spacial score (nSPS) is 39.0. The Morgan fingerprint density at radius 3 is 2.67 bits per heavy atom. The molecule has 3 nitrogen and oxygen atoms in total. The average Bonchev–Trinajstić information content (AvgIpc) is 2.18. The molecule has 0 amide bonds. The van der Waals surface area contributed by atoms with Crippen molar-refractivity contribution in [2.45, 2.75) is 64.2 Å². The Morgan fingerprint density at radius 1 is 1.47 bits per heavy atom. The van der Waals surface area contributed by atoms with Crippen molar-refractivity contribution in [3.05, 3.63) is 0 Å². The van der Waals surface area contributed by atoms with Gasteiger partial charge in [-0.25, -0.2) is 0 Å². The smallest absolute Gasteiger partial charge is 0.0846 e. The van der Waals surface area contributed by atoms with E-state index >= 15 is 0 Å². The molecule has 0 saturated carbocycles. The minimum atomic E-state index is -0.612. The summed E-state index contributed by atoms with van der Waals surface area (Å²) in [5.74, 6) is 0. The second-order valence-corrected chi connectivity index (χ2v) is 4.96. The Labute approximate surface area is 93.2 Å². The molecule has 3 atom stereocenters. The van der Waals surface area contributed by atoms with Gasteiger partial charge in [0.2, 0.25) is 0 Å². The summed E-state index contributed by atoms with van der Waals surface area (Å²) in [5.41, 5.74) is -0.768. The van der Waals surface area contributed by atoms with E-state index < -0.39 is 5.60 Å². The molecule has 3 heteroatoms. The van der Waals surface area contributed by atoms with Gasteiger partial charge in [-0.05, 0) is 26.8 Å². The molecule has 1 heterocycles. The van der Waals surface area contributed by atoms with Gasteiger partial charge in [-0.2, -0.15) is 0 Å². The molecule has 1 rings (SSSR count). The van der Waals surface area contributed by atoms with Crippen molar-refractivity contribution in [1.82, 2.24) is 5.32 Å². The zero-order chi connectivity index (χ0) is 11.5. The third-order valence-corrected chi connectivity index (χ3v) is 3.73. The Bertz CT molecular complexity index is 210. The zero-order valence-electron chi connectivity index (χ0n) is 10.5. The summed E-state index contributed by atoms with van der Waals surface area (Å²) in [7, 11) is 0. The molecule has 1 saturated heterocycles. The molecule has 15 heavy (non-hydrogen) atoms. The highest BCUT2D eigenvalue weighted by molar-refractivity contribution is 4.97. The van der Waals surface area contributed by atoms with Crippen LogP contribution >= 0.6 is 0 Å². The second-order valence-electron chi connectivity index (χ2n) is 4.96. The zero-order valence-corrected chi connectivity index (χ0v) is 10.5. The monoisotopic (exact) mass is 215 g/mol. The number of hydrogen-bond donors (Lipinski definition) is 2. The van der Waals surface area contributed by atoms with E-state index in [1.165, 1.54) is 0 Å². The van der Waals surface area contributed by atoms with Gasteiger partial charge in [0, 0.05) is 18.9 Å². The summed E-state index contributed by atoms with van der Waals surface area (Å²) in [6.07, 6.45) is 2.41. The fraction of sp³-hybridized carbons (Fsp3) is 1.00. The van der Waals surface area contributed by atoms with Crippen LogP contribution in [0.25, 0.3) is 0 Å². The van der Waals surface area contributed by atoms with Crippen molar-refractivity contribution in [3.63, 3.8) is 0 Å². The highest BCUT2D eigenvalue weighted by Crippen LogP contribution is 2.36. The summed E-state index contributed by atoms with van der Waals surface area (Å²) < 4.78 is 5.75. The molecule has 90 valence electrons. The average molecular weight is 215 g/mol. The van der Waals surface area contributed by atoms with E-state index in [-0.39, 0.29) is 11.6 Å². The lowest BCUT2D eigenvalue weighted by Gasteiger charge is -2.46. The molecule has 2 N–H and O–H groups in total. The first-order valence-electron chi connectivity index (χ1n) is 6.05. The Morgan fingerprint density at radius 2 is 2.13 bits per heavy atom. The molecule has 1 fully saturated rings. The minimum absolute atomic E-state index is 0.136. The van der Waals surface area contributed by atoms with Crippen molar-refractivity contribution >= 4 is 0 Å². The van der Waals surface area contributed by atoms with Gasteiger partial charge in [0.1, 0.15) is 0 Å². The van der Waals surface area contributed by atoms with Crippen LogP contribution < -0.4 is 5.32 Å². The number of likely N-dealkylation sites (N-methyl/N-ethyl adjacent to an activating group) is 1. The summed E-state index contributed by atoms with van der Waals surface area (Å²) in [6, 6.07) is 0.136. The number of ether oxygens (including phenoxy) is 1. The lowest BCUT2D eigenvalue weighted by Crippen LogP contribution is -2.57. The quantitative estimate of drug-likeness (QED) is 0.750. The van der Waals surface area contributed by atoms with Crippen molar-refractivity contribution in [2.24, 2.45) is 0 Å². The fourth-order valence-corrected chi connectivity index (χ4v) is 2.35. The van der Waals surface area contributed by atoms with Crippen molar-refractivity contribution in [3.8, 4) is 0 Å². The number of nitrogens with one attached hydrogen (secondary N) is 1. The predicted octanol–water partition coefficient (Wildman–Crippen LogP) is 1.69. The van der Waals surface area contributed by atoms with Crippen LogP contribution in [0, 0.1) is 0 Å². The second kappa shape index (κ2) is 4.81. The van der Waals surface area contributed by atoms with Crippen molar-refractivity contribution < 1.29 is 9.84 Å².